The van der Waals surface area contributed by atoms with E-state index in [2.05, 4.69) is 32.9 Å². The second-order valence-electron chi connectivity index (χ2n) is 3.37. The zero-order valence-corrected chi connectivity index (χ0v) is 10.9. The third kappa shape index (κ3) is 2.94. The molecule has 0 aliphatic carbocycles. The van der Waals surface area contributed by atoms with Crippen molar-refractivity contribution in [2.45, 2.75) is 0 Å². The van der Waals surface area contributed by atoms with Crippen LogP contribution in [0.3, 0.4) is 0 Å². The third-order valence-corrected chi connectivity index (χ3v) is 3.05. The lowest BCUT2D eigenvalue weighted by molar-refractivity contribution is 0.102. The number of aromatic hydroxyl groups is 1. The van der Waals surface area contributed by atoms with Gasteiger partial charge in [-0.15, -0.1) is 0 Å². The van der Waals surface area contributed by atoms with Crippen molar-refractivity contribution in [3.63, 3.8) is 0 Å². The number of para-hydroxylation sites is 1. The summed E-state index contributed by atoms with van der Waals surface area (Å²) < 4.78 is 0.951. The summed E-state index contributed by atoms with van der Waals surface area (Å²) in [5.41, 5.74) is 1.06. The number of aromatic nitrogens is 1. The number of rotatable bonds is 2. The lowest BCUT2D eigenvalue weighted by Crippen LogP contribution is -2.12. The lowest BCUT2D eigenvalue weighted by Gasteiger charge is -2.06. The maximum atomic E-state index is 11.9. The fraction of sp³-hybridized carbons (Fsp3) is 0. The van der Waals surface area contributed by atoms with Crippen LogP contribution in [0.25, 0.3) is 0 Å². The second kappa shape index (κ2) is 5.13. The van der Waals surface area contributed by atoms with Crippen molar-refractivity contribution in [1.29, 1.82) is 0 Å². The van der Waals surface area contributed by atoms with Gasteiger partial charge in [-0.05, 0) is 40.8 Å². The van der Waals surface area contributed by atoms with Crippen molar-refractivity contribution >= 4 is 34.2 Å². The first-order valence-corrected chi connectivity index (χ1v) is 5.94. The Morgan fingerprint density at radius 2 is 2.06 bits per heavy atom. The SMILES string of the molecule is O=C(Nc1ccccc1I)c1cncc(O)c1. The summed E-state index contributed by atoms with van der Waals surface area (Å²) in [6, 6.07) is 8.83. The van der Waals surface area contributed by atoms with E-state index in [9.17, 15) is 9.90 Å². The van der Waals surface area contributed by atoms with Crippen molar-refractivity contribution in [2.75, 3.05) is 5.32 Å². The molecule has 2 rings (SSSR count). The molecule has 2 aromatic rings. The van der Waals surface area contributed by atoms with Crippen LogP contribution in [0.1, 0.15) is 10.4 Å². The first-order chi connectivity index (χ1) is 8.16. The van der Waals surface area contributed by atoms with Crippen molar-refractivity contribution in [1.82, 2.24) is 4.98 Å². The van der Waals surface area contributed by atoms with Gasteiger partial charge in [0.05, 0.1) is 17.4 Å². The molecule has 1 heterocycles. The second-order valence-corrected chi connectivity index (χ2v) is 4.53. The highest BCUT2D eigenvalue weighted by molar-refractivity contribution is 14.1. The van der Waals surface area contributed by atoms with E-state index >= 15 is 0 Å². The van der Waals surface area contributed by atoms with Crippen LogP contribution >= 0.6 is 22.6 Å². The molecule has 0 atom stereocenters. The van der Waals surface area contributed by atoms with Gasteiger partial charge in [-0.1, -0.05) is 12.1 Å². The van der Waals surface area contributed by atoms with E-state index in [0.717, 1.165) is 9.26 Å². The Labute approximate surface area is 112 Å². The van der Waals surface area contributed by atoms with Crippen LogP contribution in [-0.2, 0) is 0 Å². The van der Waals surface area contributed by atoms with Crippen LogP contribution in [0.2, 0.25) is 0 Å². The highest BCUT2D eigenvalue weighted by atomic mass is 127. The number of pyridine rings is 1. The van der Waals surface area contributed by atoms with Crippen LogP contribution < -0.4 is 5.32 Å². The summed E-state index contributed by atoms with van der Waals surface area (Å²) in [4.78, 5) is 15.6. The number of hydrogen-bond acceptors (Lipinski definition) is 3. The fourth-order valence-electron chi connectivity index (χ4n) is 1.31. The van der Waals surface area contributed by atoms with Gasteiger partial charge in [0, 0.05) is 9.77 Å². The molecule has 0 unspecified atom stereocenters. The largest absolute Gasteiger partial charge is 0.506 e. The topological polar surface area (TPSA) is 62.2 Å². The van der Waals surface area contributed by atoms with Gasteiger partial charge in [0.25, 0.3) is 5.91 Å². The van der Waals surface area contributed by atoms with Gasteiger partial charge in [0.1, 0.15) is 5.75 Å². The van der Waals surface area contributed by atoms with E-state index < -0.39 is 0 Å². The summed E-state index contributed by atoms with van der Waals surface area (Å²) in [6.07, 6.45) is 2.69. The average Bonchev–Trinajstić information content (AvgIpc) is 2.32. The first-order valence-electron chi connectivity index (χ1n) is 4.87. The number of anilines is 1. The highest BCUT2D eigenvalue weighted by Gasteiger charge is 2.08. The number of amides is 1. The van der Waals surface area contributed by atoms with Crippen molar-refractivity contribution in [3.8, 4) is 5.75 Å². The van der Waals surface area contributed by atoms with Crippen LogP contribution in [0, 0.1) is 3.57 Å². The van der Waals surface area contributed by atoms with Crippen LogP contribution in [0.4, 0.5) is 5.69 Å². The van der Waals surface area contributed by atoms with Gasteiger partial charge >= 0.3 is 0 Å². The molecular weight excluding hydrogens is 331 g/mol. The van der Waals surface area contributed by atoms with Gasteiger partial charge in [-0.2, -0.15) is 0 Å². The average molecular weight is 340 g/mol. The molecule has 1 aromatic carbocycles. The number of halogens is 1. The molecule has 17 heavy (non-hydrogen) atoms. The Balaban J connectivity index is 2.20. The van der Waals surface area contributed by atoms with E-state index in [1.165, 1.54) is 18.5 Å². The fourth-order valence-corrected chi connectivity index (χ4v) is 1.83. The number of benzene rings is 1. The first kappa shape index (κ1) is 11.8. The summed E-state index contributed by atoms with van der Waals surface area (Å²) >= 11 is 2.14. The molecule has 2 N–H and O–H groups in total. The zero-order chi connectivity index (χ0) is 12.3. The predicted molar refractivity (Wildman–Crippen MR) is 73.0 cm³/mol. The minimum atomic E-state index is -0.294. The smallest absolute Gasteiger partial charge is 0.257 e. The normalized spacial score (nSPS) is 9.94. The Hall–Kier alpha value is -1.63. The minimum Gasteiger partial charge on any atom is -0.506 e. The molecule has 0 bridgehead atoms. The van der Waals surface area contributed by atoms with Crippen molar-refractivity contribution in [3.05, 3.63) is 51.9 Å². The standard InChI is InChI=1S/C12H9IN2O2/c13-10-3-1-2-4-11(10)15-12(17)8-5-9(16)7-14-6-8/h1-7,16H,(H,15,17). The van der Waals surface area contributed by atoms with Crippen LogP contribution in [-0.4, -0.2) is 16.0 Å². The monoisotopic (exact) mass is 340 g/mol. The number of carbonyl (C=O) groups excluding carboxylic acids is 1. The summed E-state index contributed by atoms with van der Waals surface area (Å²) in [7, 11) is 0. The molecule has 1 aromatic heterocycles. The molecule has 0 spiro atoms. The van der Waals surface area contributed by atoms with Gasteiger partial charge in [0.2, 0.25) is 0 Å². The quantitative estimate of drug-likeness (QED) is 0.827. The molecule has 0 fully saturated rings. The Bertz CT molecular complexity index is 558. The summed E-state index contributed by atoms with van der Waals surface area (Å²) in [5, 5.41) is 12.0. The van der Waals surface area contributed by atoms with E-state index in [-0.39, 0.29) is 11.7 Å². The molecule has 86 valence electrons. The van der Waals surface area contributed by atoms with E-state index in [4.69, 9.17) is 0 Å². The number of hydrogen-bond donors (Lipinski definition) is 2. The van der Waals surface area contributed by atoms with Crippen LogP contribution in [0.5, 0.6) is 5.75 Å². The van der Waals surface area contributed by atoms with Gasteiger partial charge in [0.15, 0.2) is 0 Å². The van der Waals surface area contributed by atoms with Crippen LogP contribution in [0.15, 0.2) is 42.7 Å². The van der Waals surface area contributed by atoms with E-state index in [0.29, 0.717) is 5.56 Å². The van der Waals surface area contributed by atoms with Crippen molar-refractivity contribution in [2.24, 2.45) is 0 Å². The predicted octanol–water partition coefficient (Wildman–Crippen LogP) is 2.64. The molecule has 1 amide bonds. The molecule has 0 saturated carbocycles. The van der Waals surface area contributed by atoms with Gasteiger partial charge in [-0.3, -0.25) is 9.78 Å². The summed E-state index contributed by atoms with van der Waals surface area (Å²) in [6.45, 7) is 0. The summed E-state index contributed by atoms with van der Waals surface area (Å²) in [5.74, 6) is -0.321. The van der Waals surface area contributed by atoms with Gasteiger partial charge < -0.3 is 10.4 Å². The minimum absolute atomic E-state index is 0.0274. The Morgan fingerprint density at radius 1 is 1.29 bits per heavy atom. The molecule has 0 radical (unpaired) electrons. The maximum absolute atomic E-state index is 11.9. The zero-order valence-electron chi connectivity index (χ0n) is 8.72. The molecule has 0 aliphatic rings. The number of nitrogens with zero attached hydrogens (tertiary/aromatic N) is 1. The van der Waals surface area contributed by atoms with Gasteiger partial charge in [-0.25, -0.2) is 0 Å². The van der Waals surface area contributed by atoms with E-state index in [1.807, 2.05) is 24.3 Å². The molecular formula is C12H9IN2O2. The highest BCUT2D eigenvalue weighted by Crippen LogP contribution is 2.18. The molecule has 0 saturated heterocycles. The maximum Gasteiger partial charge on any atom is 0.257 e. The van der Waals surface area contributed by atoms with Crippen molar-refractivity contribution < 1.29 is 9.90 Å². The third-order valence-electron chi connectivity index (χ3n) is 2.11. The molecule has 0 aliphatic heterocycles. The van der Waals surface area contributed by atoms with E-state index in [1.54, 1.807) is 0 Å². The molecule has 4 nitrogen and oxygen atoms in total. The lowest BCUT2D eigenvalue weighted by atomic mass is 10.2. The number of carbonyl (C=O) groups is 1. The Kier molecular flexibility index (Phi) is 3.58. The Morgan fingerprint density at radius 3 is 2.76 bits per heavy atom. The molecule has 5 heteroatoms. The number of nitrogens with one attached hydrogen (secondary N) is 1.